The zero-order valence-corrected chi connectivity index (χ0v) is 11.2. The van der Waals surface area contributed by atoms with Gasteiger partial charge in [0.25, 0.3) is 0 Å². The van der Waals surface area contributed by atoms with E-state index in [4.69, 9.17) is 0 Å². The van der Waals surface area contributed by atoms with Crippen LogP contribution in [0.5, 0.6) is 0 Å². The maximum atomic E-state index is 12.0. The number of esters is 1. The van der Waals surface area contributed by atoms with Crippen molar-refractivity contribution < 1.29 is 14.3 Å². The summed E-state index contributed by atoms with van der Waals surface area (Å²) in [5.74, 6) is -0.226. The van der Waals surface area contributed by atoms with Crippen molar-refractivity contribution in [1.82, 2.24) is 4.90 Å². The number of amides is 1. The molecule has 0 saturated carbocycles. The van der Waals surface area contributed by atoms with Crippen LogP contribution >= 0.6 is 0 Å². The van der Waals surface area contributed by atoms with Crippen molar-refractivity contribution in [2.75, 3.05) is 20.2 Å². The van der Waals surface area contributed by atoms with E-state index in [1.165, 1.54) is 12.7 Å². The van der Waals surface area contributed by atoms with Crippen LogP contribution in [-0.4, -0.2) is 37.0 Å². The van der Waals surface area contributed by atoms with Gasteiger partial charge in [0, 0.05) is 19.0 Å². The molecule has 0 N–H and O–H groups in total. The van der Waals surface area contributed by atoms with Crippen LogP contribution in [0.1, 0.15) is 30.7 Å². The molecule has 1 aliphatic heterocycles. The first-order valence-electron chi connectivity index (χ1n) is 6.60. The third kappa shape index (κ3) is 3.56. The second-order valence-electron chi connectivity index (χ2n) is 4.84. The number of rotatable bonds is 3. The first-order valence-corrected chi connectivity index (χ1v) is 6.60. The lowest BCUT2D eigenvalue weighted by molar-refractivity contribution is -0.147. The Hall–Kier alpha value is -1.84. The fourth-order valence-corrected chi connectivity index (χ4v) is 2.51. The molecule has 4 nitrogen and oxygen atoms in total. The van der Waals surface area contributed by atoms with Gasteiger partial charge in [0.1, 0.15) is 6.42 Å². The molecule has 0 aromatic heterocycles. The van der Waals surface area contributed by atoms with E-state index in [-0.39, 0.29) is 12.3 Å². The third-order valence-corrected chi connectivity index (χ3v) is 3.57. The van der Waals surface area contributed by atoms with Gasteiger partial charge in [-0.1, -0.05) is 30.3 Å². The molecule has 0 spiro atoms. The van der Waals surface area contributed by atoms with Gasteiger partial charge in [-0.2, -0.15) is 0 Å². The molecule has 1 heterocycles. The minimum atomic E-state index is -0.466. The van der Waals surface area contributed by atoms with Gasteiger partial charge in [-0.25, -0.2) is 0 Å². The van der Waals surface area contributed by atoms with E-state index in [1.807, 2.05) is 18.2 Å². The average Bonchev–Trinajstić information content (AvgIpc) is 2.48. The molecule has 1 amide bonds. The van der Waals surface area contributed by atoms with Crippen LogP contribution in [0.25, 0.3) is 0 Å². The van der Waals surface area contributed by atoms with Crippen LogP contribution in [0.3, 0.4) is 0 Å². The van der Waals surface area contributed by atoms with Gasteiger partial charge < -0.3 is 9.64 Å². The number of carbonyl (C=O) groups is 2. The van der Waals surface area contributed by atoms with E-state index in [0.717, 1.165) is 19.4 Å². The molecule has 2 rings (SSSR count). The fraction of sp³-hybridized carbons (Fsp3) is 0.467. The van der Waals surface area contributed by atoms with E-state index >= 15 is 0 Å². The first kappa shape index (κ1) is 13.6. The minimum Gasteiger partial charge on any atom is -0.469 e. The maximum absolute atomic E-state index is 12.0. The van der Waals surface area contributed by atoms with Crippen LogP contribution in [0.15, 0.2) is 30.3 Å². The predicted molar refractivity (Wildman–Crippen MR) is 71.6 cm³/mol. The highest BCUT2D eigenvalue weighted by atomic mass is 16.5. The lowest BCUT2D eigenvalue weighted by Crippen LogP contribution is -2.40. The van der Waals surface area contributed by atoms with Gasteiger partial charge in [-0.15, -0.1) is 0 Å². The largest absolute Gasteiger partial charge is 0.469 e. The number of nitrogens with zero attached hydrogens (tertiary/aromatic N) is 1. The molecule has 1 saturated heterocycles. The summed E-state index contributed by atoms with van der Waals surface area (Å²) in [4.78, 5) is 24.9. The van der Waals surface area contributed by atoms with Crippen molar-refractivity contribution in [3.63, 3.8) is 0 Å². The summed E-state index contributed by atoms with van der Waals surface area (Å²) in [7, 11) is 1.30. The molecule has 0 aliphatic carbocycles. The highest BCUT2D eigenvalue weighted by Crippen LogP contribution is 2.26. The fourth-order valence-electron chi connectivity index (χ4n) is 2.51. The molecule has 1 aromatic rings. The molecular weight excluding hydrogens is 242 g/mol. The Morgan fingerprint density at radius 2 is 2.05 bits per heavy atom. The van der Waals surface area contributed by atoms with E-state index in [2.05, 4.69) is 16.9 Å². The van der Waals surface area contributed by atoms with Crippen molar-refractivity contribution in [2.45, 2.75) is 25.2 Å². The molecule has 1 atom stereocenters. The maximum Gasteiger partial charge on any atom is 0.315 e. The number of piperidine rings is 1. The molecule has 1 unspecified atom stereocenters. The number of hydrogen-bond donors (Lipinski definition) is 0. The van der Waals surface area contributed by atoms with E-state index in [9.17, 15) is 9.59 Å². The quantitative estimate of drug-likeness (QED) is 0.617. The predicted octanol–water partition coefficient (Wildman–Crippen LogP) is 1.96. The Kier molecular flexibility index (Phi) is 4.55. The monoisotopic (exact) mass is 261 g/mol. The Bertz CT molecular complexity index is 444. The lowest BCUT2D eigenvalue weighted by atomic mass is 9.90. The number of likely N-dealkylation sites (tertiary alicyclic amines) is 1. The number of hydrogen-bond acceptors (Lipinski definition) is 3. The van der Waals surface area contributed by atoms with Gasteiger partial charge >= 0.3 is 5.97 Å². The molecule has 4 heteroatoms. The Balaban J connectivity index is 1.97. The van der Waals surface area contributed by atoms with Gasteiger partial charge in [0.2, 0.25) is 5.91 Å². The van der Waals surface area contributed by atoms with Gasteiger partial charge in [0.15, 0.2) is 0 Å². The highest BCUT2D eigenvalue weighted by molar-refractivity contribution is 5.94. The van der Waals surface area contributed by atoms with Gasteiger partial charge in [-0.3, -0.25) is 9.59 Å². The Morgan fingerprint density at radius 3 is 2.74 bits per heavy atom. The van der Waals surface area contributed by atoms with Crippen molar-refractivity contribution >= 4 is 11.9 Å². The second-order valence-corrected chi connectivity index (χ2v) is 4.84. The smallest absolute Gasteiger partial charge is 0.315 e. The number of methoxy groups -OCH3 is 1. The second kappa shape index (κ2) is 6.36. The molecule has 19 heavy (non-hydrogen) atoms. The minimum absolute atomic E-state index is 0.132. The normalized spacial score (nSPS) is 19.0. The molecule has 0 bridgehead atoms. The summed E-state index contributed by atoms with van der Waals surface area (Å²) in [6, 6.07) is 10.2. The molecule has 1 fully saturated rings. The van der Waals surface area contributed by atoms with Gasteiger partial charge in [0.05, 0.1) is 7.11 Å². The summed E-state index contributed by atoms with van der Waals surface area (Å²) in [6.45, 7) is 1.43. The van der Waals surface area contributed by atoms with Crippen molar-refractivity contribution in [1.29, 1.82) is 0 Å². The lowest BCUT2D eigenvalue weighted by Gasteiger charge is -2.33. The SMILES string of the molecule is COC(=O)CC(=O)N1CCCC(c2ccccc2)C1. The third-order valence-electron chi connectivity index (χ3n) is 3.57. The summed E-state index contributed by atoms with van der Waals surface area (Å²) < 4.78 is 4.54. The first-order chi connectivity index (χ1) is 9.20. The number of carbonyl (C=O) groups excluding carboxylic acids is 2. The van der Waals surface area contributed by atoms with Crippen LogP contribution < -0.4 is 0 Å². The molecule has 1 aliphatic rings. The van der Waals surface area contributed by atoms with Crippen LogP contribution in [0.4, 0.5) is 0 Å². The summed E-state index contributed by atoms with van der Waals surface area (Å²) >= 11 is 0. The molecule has 1 aromatic carbocycles. The zero-order valence-electron chi connectivity index (χ0n) is 11.2. The number of benzene rings is 1. The van der Waals surface area contributed by atoms with Gasteiger partial charge in [-0.05, 0) is 18.4 Å². The highest BCUT2D eigenvalue weighted by Gasteiger charge is 2.25. The average molecular weight is 261 g/mol. The van der Waals surface area contributed by atoms with Crippen molar-refractivity contribution in [2.24, 2.45) is 0 Å². The Morgan fingerprint density at radius 1 is 1.32 bits per heavy atom. The van der Waals surface area contributed by atoms with E-state index in [0.29, 0.717) is 12.5 Å². The molecule has 102 valence electrons. The van der Waals surface area contributed by atoms with E-state index < -0.39 is 5.97 Å². The summed E-state index contributed by atoms with van der Waals surface area (Å²) in [6.07, 6.45) is 1.91. The van der Waals surface area contributed by atoms with Crippen LogP contribution in [-0.2, 0) is 14.3 Å². The van der Waals surface area contributed by atoms with Crippen molar-refractivity contribution in [3.05, 3.63) is 35.9 Å². The summed E-state index contributed by atoms with van der Waals surface area (Å²) in [5.41, 5.74) is 1.26. The van der Waals surface area contributed by atoms with Crippen LogP contribution in [0.2, 0.25) is 0 Å². The number of ether oxygens (including phenoxy) is 1. The van der Waals surface area contributed by atoms with Crippen LogP contribution in [0, 0.1) is 0 Å². The van der Waals surface area contributed by atoms with E-state index in [1.54, 1.807) is 4.90 Å². The molecule has 0 radical (unpaired) electrons. The Labute approximate surface area is 113 Å². The molecular formula is C15H19NO3. The summed E-state index contributed by atoms with van der Waals surface area (Å²) in [5, 5.41) is 0. The van der Waals surface area contributed by atoms with Crippen molar-refractivity contribution in [3.8, 4) is 0 Å². The standard InChI is InChI=1S/C15H19NO3/c1-19-15(18)10-14(17)16-9-5-8-13(11-16)12-6-3-2-4-7-12/h2-4,6-7,13H,5,8-11H2,1H3. The topological polar surface area (TPSA) is 46.6 Å². The zero-order chi connectivity index (χ0) is 13.7.